The number of sulfonamides is 1. The molecule has 0 spiro atoms. The van der Waals surface area contributed by atoms with Crippen LogP contribution in [0.15, 0.2) is 52.0 Å². The Morgan fingerprint density at radius 1 is 1.16 bits per heavy atom. The van der Waals surface area contributed by atoms with Crippen LogP contribution in [0.5, 0.6) is 11.6 Å². The van der Waals surface area contributed by atoms with Crippen molar-refractivity contribution >= 4 is 10.0 Å². The molecule has 3 aromatic rings. The Balaban J connectivity index is 1.39. The van der Waals surface area contributed by atoms with Gasteiger partial charge in [-0.15, -0.1) is 0 Å². The number of rotatable bonds is 6. The van der Waals surface area contributed by atoms with E-state index >= 15 is 0 Å². The van der Waals surface area contributed by atoms with Crippen LogP contribution < -0.4 is 9.47 Å². The molecular weight excluding hydrogens is 453 g/mol. The first kappa shape index (κ1) is 22.0. The first-order chi connectivity index (χ1) is 15.2. The van der Waals surface area contributed by atoms with Gasteiger partial charge in [0.2, 0.25) is 21.7 Å². The van der Waals surface area contributed by atoms with E-state index in [2.05, 4.69) is 19.6 Å². The summed E-state index contributed by atoms with van der Waals surface area (Å²) in [5, 5.41) is 3.29. The molecular formula is C19H17F3N4O5S. The fourth-order valence-corrected chi connectivity index (χ4v) is 4.60. The molecule has 9 nitrogen and oxygen atoms in total. The van der Waals surface area contributed by atoms with Gasteiger partial charge < -0.3 is 14.0 Å². The molecule has 1 aromatic carbocycles. The lowest BCUT2D eigenvalue weighted by molar-refractivity contribution is -0.159. The van der Waals surface area contributed by atoms with E-state index in [1.807, 2.05) is 0 Å². The molecule has 0 radical (unpaired) electrons. The predicted octanol–water partition coefficient (Wildman–Crippen LogP) is 3.00. The molecule has 1 saturated heterocycles. The van der Waals surface area contributed by atoms with Gasteiger partial charge in [0.15, 0.2) is 0 Å². The smallest absolute Gasteiger partial charge is 0.471 e. The molecule has 1 fully saturated rings. The molecule has 3 heterocycles. The number of ether oxygens (including phenoxy) is 2. The molecule has 13 heteroatoms. The highest BCUT2D eigenvalue weighted by Crippen LogP contribution is 2.30. The number of hydrogen-bond donors (Lipinski definition) is 0. The zero-order valence-electron chi connectivity index (χ0n) is 16.6. The average molecular weight is 470 g/mol. The first-order valence-corrected chi connectivity index (χ1v) is 10.8. The van der Waals surface area contributed by atoms with Gasteiger partial charge >= 0.3 is 12.1 Å². The van der Waals surface area contributed by atoms with Crippen LogP contribution in [0.1, 0.15) is 12.3 Å². The van der Waals surface area contributed by atoms with Crippen molar-refractivity contribution in [2.75, 3.05) is 20.2 Å². The monoisotopic (exact) mass is 470 g/mol. The molecule has 1 aliphatic heterocycles. The highest BCUT2D eigenvalue weighted by molar-refractivity contribution is 7.89. The predicted molar refractivity (Wildman–Crippen MR) is 103 cm³/mol. The van der Waals surface area contributed by atoms with Gasteiger partial charge in [-0.25, -0.2) is 13.4 Å². The largest absolute Gasteiger partial charge is 0.497 e. The molecule has 2 aromatic heterocycles. The number of aromatic nitrogens is 3. The van der Waals surface area contributed by atoms with Crippen LogP contribution in [-0.4, -0.2) is 54.2 Å². The van der Waals surface area contributed by atoms with Crippen molar-refractivity contribution in [1.29, 1.82) is 0 Å². The molecule has 170 valence electrons. The highest BCUT2D eigenvalue weighted by atomic mass is 32.2. The van der Waals surface area contributed by atoms with Crippen molar-refractivity contribution in [1.82, 2.24) is 19.4 Å². The minimum absolute atomic E-state index is 0.136. The third-order valence-electron chi connectivity index (χ3n) is 4.76. The second kappa shape index (κ2) is 8.39. The van der Waals surface area contributed by atoms with E-state index < -0.39 is 28.2 Å². The van der Waals surface area contributed by atoms with Crippen molar-refractivity contribution < 1.29 is 35.6 Å². The van der Waals surface area contributed by atoms with E-state index in [0.29, 0.717) is 12.2 Å². The van der Waals surface area contributed by atoms with Crippen LogP contribution in [0.4, 0.5) is 13.2 Å². The molecule has 0 unspecified atom stereocenters. The van der Waals surface area contributed by atoms with Gasteiger partial charge in [-0.2, -0.15) is 22.5 Å². The van der Waals surface area contributed by atoms with Gasteiger partial charge in [0.05, 0.1) is 18.6 Å². The van der Waals surface area contributed by atoms with Gasteiger partial charge in [0.1, 0.15) is 11.9 Å². The summed E-state index contributed by atoms with van der Waals surface area (Å²) < 4.78 is 79.7. The number of benzene rings is 1. The van der Waals surface area contributed by atoms with Crippen LogP contribution in [0.2, 0.25) is 0 Å². The maximum atomic E-state index is 12.8. The van der Waals surface area contributed by atoms with Crippen molar-refractivity contribution in [3.63, 3.8) is 0 Å². The normalized spacial score (nSPS) is 17.4. The van der Waals surface area contributed by atoms with Gasteiger partial charge in [-0.1, -0.05) is 5.16 Å². The summed E-state index contributed by atoms with van der Waals surface area (Å²) in [6, 6.07) is 8.98. The summed E-state index contributed by atoms with van der Waals surface area (Å²) >= 11 is 0. The number of hydrogen-bond acceptors (Lipinski definition) is 8. The summed E-state index contributed by atoms with van der Waals surface area (Å²) in [6.45, 7) is 0.414. The van der Waals surface area contributed by atoms with E-state index in [1.54, 1.807) is 12.1 Å². The van der Waals surface area contributed by atoms with E-state index in [4.69, 9.17) is 9.47 Å². The number of pyridine rings is 1. The zero-order chi connectivity index (χ0) is 22.9. The summed E-state index contributed by atoms with van der Waals surface area (Å²) in [7, 11) is -2.19. The number of alkyl halides is 3. The van der Waals surface area contributed by atoms with Gasteiger partial charge in [0, 0.05) is 24.4 Å². The van der Waals surface area contributed by atoms with E-state index in [-0.39, 0.29) is 35.3 Å². The Labute approximate surface area is 180 Å². The highest BCUT2D eigenvalue weighted by Gasteiger charge is 2.38. The van der Waals surface area contributed by atoms with Crippen molar-refractivity contribution in [2.45, 2.75) is 23.6 Å². The second-order valence-corrected chi connectivity index (χ2v) is 8.81. The van der Waals surface area contributed by atoms with E-state index in [1.165, 1.54) is 41.9 Å². The molecule has 0 bridgehead atoms. The quantitative estimate of drug-likeness (QED) is 0.541. The summed E-state index contributed by atoms with van der Waals surface area (Å²) in [5.74, 6) is -0.954. The molecule has 4 rings (SSSR count). The fourth-order valence-electron chi connectivity index (χ4n) is 3.12. The van der Waals surface area contributed by atoms with Crippen LogP contribution in [0, 0.1) is 0 Å². The fraction of sp³-hybridized carbons (Fsp3) is 0.316. The molecule has 1 atom stereocenters. The van der Waals surface area contributed by atoms with Gasteiger partial charge in [0.25, 0.3) is 0 Å². The third kappa shape index (κ3) is 4.53. The van der Waals surface area contributed by atoms with Crippen LogP contribution in [0.25, 0.3) is 11.4 Å². The summed E-state index contributed by atoms with van der Waals surface area (Å²) in [4.78, 5) is 7.50. The van der Waals surface area contributed by atoms with Crippen molar-refractivity contribution in [3.05, 3.63) is 48.5 Å². The second-order valence-electron chi connectivity index (χ2n) is 6.87. The van der Waals surface area contributed by atoms with Crippen LogP contribution in [0.3, 0.4) is 0 Å². The van der Waals surface area contributed by atoms with Gasteiger partial charge in [-0.3, -0.25) is 0 Å². The Bertz CT molecular complexity index is 1180. The standard InChI is InChI=1S/C19H17F3N4O5S/c1-29-13-3-5-15(6-4-13)32(27,28)26-9-8-14(11-26)30-16-7-2-12(10-23-16)17-24-18(31-25-17)19(20,21)22/h2-7,10,14H,8-9,11H2,1H3/t14-/m1/s1. The SMILES string of the molecule is COc1ccc(S(=O)(=O)N2CC[C@@H](Oc3ccc(-c4noc(C(F)(F)F)n4)cn3)C2)cc1. The lowest BCUT2D eigenvalue weighted by atomic mass is 10.2. The number of halogens is 3. The Kier molecular flexibility index (Phi) is 5.77. The molecule has 0 amide bonds. The zero-order valence-corrected chi connectivity index (χ0v) is 17.4. The Morgan fingerprint density at radius 3 is 2.50 bits per heavy atom. The topological polar surface area (TPSA) is 108 Å². The number of methoxy groups -OCH3 is 1. The van der Waals surface area contributed by atoms with E-state index in [9.17, 15) is 21.6 Å². The minimum Gasteiger partial charge on any atom is -0.497 e. The van der Waals surface area contributed by atoms with E-state index in [0.717, 1.165) is 0 Å². The average Bonchev–Trinajstić information content (AvgIpc) is 3.45. The Hall–Kier alpha value is -3.19. The molecule has 0 saturated carbocycles. The summed E-state index contributed by atoms with van der Waals surface area (Å²) in [5.41, 5.74) is 0.215. The maximum Gasteiger partial charge on any atom is 0.471 e. The first-order valence-electron chi connectivity index (χ1n) is 9.35. The molecule has 32 heavy (non-hydrogen) atoms. The van der Waals surface area contributed by atoms with Crippen molar-refractivity contribution in [3.8, 4) is 23.0 Å². The lowest BCUT2D eigenvalue weighted by Gasteiger charge is -2.17. The third-order valence-corrected chi connectivity index (χ3v) is 6.63. The lowest BCUT2D eigenvalue weighted by Crippen LogP contribution is -2.31. The van der Waals surface area contributed by atoms with Crippen molar-refractivity contribution in [2.24, 2.45) is 0 Å². The Morgan fingerprint density at radius 2 is 1.91 bits per heavy atom. The van der Waals surface area contributed by atoms with Crippen LogP contribution >= 0.6 is 0 Å². The molecule has 1 aliphatic rings. The molecule has 0 aliphatic carbocycles. The maximum absolute atomic E-state index is 12.8. The molecule has 0 N–H and O–H groups in total. The van der Waals surface area contributed by atoms with Crippen LogP contribution in [-0.2, 0) is 16.2 Å². The minimum atomic E-state index is -4.73. The number of nitrogens with zero attached hydrogens (tertiary/aromatic N) is 4. The summed E-state index contributed by atoms with van der Waals surface area (Å²) in [6.07, 6.45) is -3.45. The van der Waals surface area contributed by atoms with Gasteiger partial charge in [-0.05, 0) is 36.8 Å².